The van der Waals surface area contributed by atoms with Crippen LogP contribution in [0.4, 0.5) is 5.69 Å². The van der Waals surface area contributed by atoms with E-state index < -0.39 is 0 Å². The Hall–Kier alpha value is -3.09. The van der Waals surface area contributed by atoms with E-state index in [9.17, 15) is 4.79 Å². The summed E-state index contributed by atoms with van der Waals surface area (Å²) < 4.78 is 26.7. The second-order valence-electron chi connectivity index (χ2n) is 5.13. The SMILES string of the molecule is CCOc1ccc(NC(=O)c2ccc(OC)c(OC)c2OC)cc1OC. The van der Waals surface area contributed by atoms with Crippen molar-refractivity contribution in [2.45, 2.75) is 6.92 Å². The summed E-state index contributed by atoms with van der Waals surface area (Å²) in [6.45, 7) is 2.41. The molecule has 0 atom stereocenters. The molecular formula is C19H23NO6. The van der Waals surface area contributed by atoms with Crippen molar-refractivity contribution >= 4 is 11.6 Å². The summed E-state index contributed by atoms with van der Waals surface area (Å²) in [5.74, 6) is 1.91. The summed E-state index contributed by atoms with van der Waals surface area (Å²) in [7, 11) is 6.01. The van der Waals surface area contributed by atoms with Crippen LogP contribution < -0.4 is 29.0 Å². The number of carbonyl (C=O) groups excluding carboxylic acids is 1. The third-order valence-electron chi connectivity index (χ3n) is 3.67. The molecule has 0 saturated heterocycles. The second kappa shape index (κ2) is 8.84. The van der Waals surface area contributed by atoms with Gasteiger partial charge in [-0.1, -0.05) is 0 Å². The van der Waals surface area contributed by atoms with Gasteiger partial charge in [0, 0.05) is 11.8 Å². The summed E-state index contributed by atoms with van der Waals surface area (Å²) >= 11 is 0. The first-order chi connectivity index (χ1) is 12.6. The van der Waals surface area contributed by atoms with Crippen molar-refractivity contribution in [3.05, 3.63) is 35.9 Å². The minimum Gasteiger partial charge on any atom is -0.493 e. The molecule has 0 aromatic heterocycles. The topological polar surface area (TPSA) is 75.3 Å². The molecule has 0 aliphatic rings. The van der Waals surface area contributed by atoms with Crippen molar-refractivity contribution < 1.29 is 28.5 Å². The largest absolute Gasteiger partial charge is 0.493 e. The molecule has 7 nitrogen and oxygen atoms in total. The van der Waals surface area contributed by atoms with E-state index in [1.54, 1.807) is 37.4 Å². The first-order valence-corrected chi connectivity index (χ1v) is 8.00. The fourth-order valence-electron chi connectivity index (χ4n) is 2.50. The summed E-state index contributed by atoms with van der Waals surface area (Å²) in [6.07, 6.45) is 0. The van der Waals surface area contributed by atoms with Gasteiger partial charge in [-0.25, -0.2) is 0 Å². The van der Waals surface area contributed by atoms with Gasteiger partial charge < -0.3 is 29.0 Å². The fourth-order valence-corrected chi connectivity index (χ4v) is 2.50. The molecule has 1 N–H and O–H groups in total. The minimum absolute atomic E-state index is 0.294. The highest BCUT2D eigenvalue weighted by atomic mass is 16.5. The van der Waals surface area contributed by atoms with Gasteiger partial charge in [0.05, 0.1) is 40.6 Å². The number of nitrogens with one attached hydrogen (secondary N) is 1. The Kier molecular flexibility index (Phi) is 6.54. The number of anilines is 1. The zero-order chi connectivity index (χ0) is 19.1. The number of rotatable bonds is 8. The van der Waals surface area contributed by atoms with Gasteiger partial charge in [0.2, 0.25) is 5.75 Å². The molecule has 0 bridgehead atoms. The maximum Gasteiger partial charge on any atom is 0.259 e. The third kappa shape index (κ3) is 3.93. The zero-order valence-electron chi connectivity index (χ0n) is 15.5. The highest BCUT2D eigenvalue weighted by molar-refractivity contribution is 6.07. The van der Waals surface area contributed by atoms with Crippen LogP contribution in [0.3, 0.4) is 0 Å². The molecule has 0 fully saturated rings. The normalized spacial score (nSPS) is 10.0. The average Bonchev–Trinajstić information content (AvgIpc) is 2.67. The lowest BCUT2D eigenvalue weighted by atomic mass is 10.1. The molecule has 0 heterocycles. The smallest absolute Gasteiger partial charge is 0.259 e. The lowest BCUT2D eigenvalue weighted by molar-refractivity contribution is 0.102. The molecule has 0 aliphatic heterocycles. The first-order valence-electron chi connectivity index (χ1n) is 8.00. The van der Waals surface area contributed by atoms with Crippen LogP contribution in [-0.2, 0) is 0 Å². The molecule has 0 radical (unpaired) electrons. The van der Waals surface area contributed by atoms with E-state index >= 15 is 0 Å². The lowest BCUT2D eigenvalue weighted by Crippen LogP contribution is -2.14. The van der Waals surface area contributed by atoms with Crippen molar-refractivity contribution in [1.82, 2.24) is 0 Å². The summed E-state index contributed by atoms with van der Waals surface area (Å²) in [6, 6.07) is 8.43. The van der Waals surface area contributed by atoms with Crippen LogP contribution in [0.2, 0.25) is 0 Å². The average molecular weight is 361 g/mol. The number of hydrogen-bond acceptors (Lipinski definition) is 6. The van der Waals surface area contributed by atoms with Gasteiger partial charge >= 0.3 is 0 Å². The number of methoxy groups -OCH3 is 4. The van der Waals surface area contributed by atoms with Gasteiger partial charge in [-0.15, -0.1) is 0 Å². The molecule has 0 aliphatic carbocycles. The van der Waals surface area contributed by atoms with Gasteiger partial charge in [0.1, 0.15) is 0 Å². The number of benzene rings is 2. The van der Waals surface area contributed by atoms with Gasteiger partial charge in [-0.05, 0) is 31.2 Å². The Bertz CT molecular complexity index is 775. The molecule has 0 saturated carbocycles. The predicted molar refractivity (Wildman–Crippen MR) is 98.2 cm³/mol. The summed E-state index contributed by atoms with van der Waals surface area (Å²) in [5, 5.41) is 2.81. The van der Waals surface area contributed by atoms with Crippen LogP contribution in [-0.4, -0.2) is 41.0 Å². The Labute approximate surface area is 152 Å². The highest BCUT2D eigenvalue weighted by Gasteiger charge is 2.21. The molecule has 7 heteroatoms. The van der Waals surface area contributed by atoms with Gasteiger partial charge in [0.25, 0.3) is 5.91 Å². The molecule has 2 rings (SSSR count). The van der Waals surface area contributed by atoms with Gasteiger partial charge in [-0.2, -0.15) is 0 Å². The van der Waals surface area contributed by atoms with E-state index in [0.717, 1.165) is 0 Å². The Morgan fingerprint density at radius 3 is 2.08 bits per heavy atom. The number of hydrogen-bond donors (Lipinski definition) is 1. The molecule has 0 spiro atoms. The van der Waals surface area contributed by atoms with Crippen LogP contribution in [0.1, 0.15) is 17.3 Å². The van der Waals surface area contributed by atoms with Crippen LogP contribution in [0, 0.1) is 0 Å². The maximum absolute atomic E-state index is 12.7. The quantitative estimate of drug-likeness (QED) is 0.777. The van der Waals surface area contributed by atoms with E-state index in [0.29, 0.717) is 46.6 Å². The third-order valence-corrected chi connectivity index (χ3v) is 3.67. The molecule has 26 heavy (non-hydrogen) atoms. The monoisotopic (exact) mass is 361 g/mol. The van der Waals surface area contributed by atoms with E-state index in [2.05, 4.69) is 5.32 Å². The standard InChI is InChI=1S/C19H23NO6/c1-6-26-14-9-7-12(11-16(14)23-3)20-19(21)13-8-10-15(22-2)18(25-5)17(13)24-4/h7-11H,6H2,1-5H3,(H,20,21). The number of amides is 1. The Morgan fingerprint density at radius 2 is 1.50 bits per heavy atom. The Balaban J connectivity index is 2.33. The van der Waals surface area contributed by atoms with E-state index in [4.69, 9.17) is 23.7 Å². The van der Waals surface area contributed by atoms with Crippen molar-refractivity contribution in [3.63, 3.8) is 0 Å². The van der Waals surface area contributed by atoms with Crippen LogP contribution >= 0.6 is 0 Å². The molecule has 0 unspecified atom stereocenters. The predicted octanol–water partition coefficient (Wildman–Crippen LogP) is 3.37. The molecule has 2 aromatic carbocycles. The summed E-state index contributed by atoms with van der Waals surface area (Å²) in [5.41, 5.74) is 0.880. The van der Waals surface area contributed by atoms with Crippen molar-refractivity contribution in [3.8, 4) is 28.7 Å². The molecular weight excluding hydrogens is 338 g/mol. The van der Waals surface area contributed by atoms with Crippen LogP contribution in [0.15, 0.2) is 30.3 Å². The fraction of sp³-hybridized carbons (Fsp3) is 0.316. The second-order valence-corrected chi connectivity index (χ2v) is 5.13. The molecule has 140 valence electrons. The Morgan fingerprint density at radius 1 is 0.846 bits per heavy atom. The van der Waals surface area contributed by atoms with Crippen molar-refractivity contribution in [2.24, 2.45) is 0 Å². The van der Waals surface area contributed by atoms with Gasteiger partial charge in [-0.3, -0.25) is 4.79 Å². The first kappa shape index (κ1) is 19.2. The lowest BCUT2D eigenvalue weighted by Gasteiger charge is -2.16. The van der Waals surface area contributed by atoms with Crippen LogP contribution in [0.25, 0.3) is 0 Å². The number of carbonyl (C=O) groups is 1. The van der Waals surface area contributed by atoms with Gasteiger partial charge in [0.15, 0.2) is 23.0 Å². The highest BCUT2D eigenvalue weighted by Crippen LogP contribution is 2.40. The van der Waals surface area contributed by atoms with Crippen molar-refractivity contribution in [1.29, 1.82) is 0 Å². The van der Waals surface area contributed by atoms with E-state index in [1.165, 1.54) is 21.3 Å². The molecule has 2 aromatic rings. The maximum atomic E-state index is 12.7. The van der Waals surface area contributed by atoms with Crippen molar-refractivity contribution in [2.75, 3.05) is 40.4 Å². The number of ether oxygens (including phenoxy) is 5. The van der Waals surface area contributed by atoms with Crippen LogP contribution in [0.5, 0.6) is 28.7 Å². The van der Waals surface area contributed by atoms with E-state index in [-0.39, 0.29) is 5.91 Å². The zero-order valence-corrected chi connectivity index (χ0v) is 15.5. The summed E-state index contributed by atoms with van der Waals surface area (Å²) in [4.78, 5) is 12.7. The minimum atomic E-state index is -0.353. The van der Waals surface area contributed by atoms with E-state index in [1.807, 2.05) is 6.92 Å². The molecule has 1 amide bonds.